The maximum Gasteiger partial charge on any atom is 0.254 e. The first-order valence-electron chi connectivity index (χ1n) is 6.39. The SMILES string of the molecule is Cc1cc(C(=O)NCc2ccc(CCl)cc2)c(F)cc1F. The highest BCUT2D eigenvalue weighted by atomic mass is 35.5. The second kappa shape index (κ2) is 6.68. The van der Waals surface area contributed by atoms with Gasteiger partial charge in [0, 0.05) is 18.5 Å². The van der Waals surface area contributed by atoms with Gasteiger partial charge in [0.15, 0.2) is 0 Å². The van der Waals surface area contributed by atoms with E-state index in [1.807, 2.05) is 24.3 Å². The molecule has 2 nitrogen and oxygen atoms in total. The van der Waals surface area contributed by atoms with Gasteiger partial charge in [0.2, 0.25) is 0 Å². The van der Waals surface area contributed by atoms with Crippen molar-refractivity contribution in [2.45, 2.75) is 19.3 Å². The van der Waals surface area contributed by atoms with Crippen LogP contribution in [0, 0.1) is 18.6 Å². The Morgan fingerprint density at radius 2 is 1.71 bits per heavy atom. The van der Waals surface area contributed by atoms with E-state index in [4.69, 9.17) is 11.6 Å². The molecule has 0 spiro atoms. The summed E-state index contributed by atoms with van der Waals surface area (Å²) in [6.07, 6.45) is 0. The summed E-state index contributed by atoms with van der Waals surface area (Å²) in [7, 11) is 0. The van der Waals surface area contributed by atoms with E-state index in [0.717, 1.165) is 17.2 Å². The number of aryl methyl sites for hydroxylation is 1. The average Bonchev–Trinajstić information content (AvgIpc) is 2.49. The summed E-state index contributed by atoms with van der Waals surface area (Å²) in [6.45, 7) is 1.74. The zero-order valence-electron chi connectivity index (χ0n) is 11.4. The van der Waals surface area contributed by atoms with Gasteiger partial charge in [0.25, 0.3) is 5.91 Å². The van der Waals surface area contributed by atoms with Crippen molar-refractivity contribution >= 4 is 17.5 Å². The molecule has 1 N–H and O–H groups in total. The average molecular weight is 310 g/mol. The first-order valence-corrected chi connectivity index (χ1v) is 6.92. The molecule has 1 amide bonds. The van der Waals surface area contributed by atoms with Crippen molar-refractivity contribution in [1.29, 1.82) is 0 Å². The van der Waals surface area contributed by atoms with Crippen LogP contribution in [0.3, 0.4) is 0 Å². The molecule has 5 heteroatoms. The van der Waals surface area contributed by atoms with Gasteiger partial charge in [-0.05, 0) is 29.7 Å². The number of hydrogen-bond donors (Lipinski definition) is 1. The van der Waals surface area contributed by atoms with Crippen LogP contribution in [0.25, 0.3) is 0 Å². The predicted molar refractivity (Wildman–Crippen MR) is 78.3 cm³/mol. The van der Waals surface area contributed by atoms with E-state index in [1.54, 1.807) is 0 Å². The summed E-state index contributed by atoms with van der Waals surface area (Å²) in [5.74, 6) is -1.68. The van der Waals surface area contributed by atoms with Crippen molar-refractivity contribution in [3.05, 3.63) is 70.3 Å². The molecule has 0 radical (unpaired) electrons. The Morgan fingerprint density at radius 1 is 1.10 bits per heavy atom. The summed E-state index contributed by atoms with van der Waals surface area (Å²) in [5.41, 5.74) is 1.92. The van der Waals surface area contributed by atoms with Crippen LogP contribution in [0.15, 0.2) is 36.4 Å². The van der Waals surface area contributed by atoms with E-state index >= 15 is 0 Å². The van der Waals surface area contributed by atoms with E-state index in [2.05, 4.69) is 5.32 Å². The molecule has 0 atom stereocenters. The normalized spacial score (nSPS) is 10.5. The molecule has 0 saturated heterocycles. The summed E-state index contributed by atoms with van der Waals surface area (Å²) < 4.78 is 26.8. The monoisotopic (exact) mass is 309 g/mol. The Balaban J connectivity index is 2.06. The lowest BCUT2D eigenvalue weighted by Gasteiger charge is -2.08. The Hall–Kier alpha value is -1.94. The molecule has 0 unspecified atom stereocenters. The smallest absolute Gasteiger partial charge is 0.254 e. The number of benzene rings is 2. The zero-order valence-corrected chi connectivity index (χ0v) is 12.2. The van der Waals surface area contributed by atoms with Crippen LogP contribution < -0.4 is 5.32 Å². The molecule has 0 aliphatic rings. The molecular formula is C16H14ClF2NO. The third-order valence-corrected chi connectivity index (χ3v) is 3.43. The highest BCUT2D eigenvalue weighted by Crippen LogP contribution is 2.14. The van der Waals surface area contributed by atoms with Gasteiger partial charge in [-0.1, -0.05) is 24.3 Å². The summed E-state index contributed by atoms with van der Waals surface area (Å²) in [6, 6.07) is 9.32. The second-order valence-corrected chi connectivity index (χ2v) is 4.98. The van der Waals surface area contributed by atoms with Crippen molar-refractivity contribution in [1.82, 2.24) is 5.32 Å². The highest BCUT2D eigenvalue weighted by Gasteiger charge is 2.14. The molecule has 0 heterocycles. The fourth-order valence-corrected chi connectivity index (χ4v) is 2.03. The number of carbonyl (C=O) groups excluding carboxylic acids is 1. The first-order chi connectivity index (χ1) is 10.0. The molecular weight excluding hydrogens is 296 g/mol. The number of halogens is 3. The molecule has 0 bridgehead atoms. The molecule has 0 fully saturated rings. The number of amides is 1. The van der Waals surface area contributed by atoms with Gasteiger partial charge in [-0.3, -0.25) is 4.79 Å². The number of alkyl halides is 1. The fraction of sp³-hybridized carbons (Fsp3) is 0.188. The second-order valence-electron chi connectivity index (χ2n) is 4.71. The van der Waals surface area contributed by atoms with Gasteiger partial charge in [-0.15, -0.1) is 11.6 Å². The van der Waals surface area contributed by atoms with Gasteiger partial charge in [0.05, 0.1) is 5.56 Å². The molecule has 2 aromatic carbocycles. The maximum atomic E-state index is 13.6. The van der Waals surface area contributed by atoms with E-state index in [-0.39, 0.29) is 17.7 Å². The lowest BCUT2D eigenvalue weighted by atomic mass is 10.1. The third kappa shape index (κ3) is 3.79. The Kier molecular flexibility index (Phi) is 4.91. The largest absolute Gasteiger partial charge is 0.348 e. The van der Waals surface area contributed by atoms with Gasteiger partial charge in [0.1, 0.15) is 11.6 Å². The van der Waals surface area contributed by atoms with E-state index < -0.39 is 17.5 Å². The molecule has 2 rings (SSSR count). The maximum absolute atomic E-state index is 13.6. The van der Waals surface area contributed by atoms with Crippen LogP contribution in [0.1, 0.15) is 27.0 Å². The zero-order chi connectivity index (χ0) is 15.4. The molecule has 21 heavy (non-hydrogen) atoms. The Labute approximate surface area is 126 Å². The minimum Gasteiger partial charge on any atom is -0.348 e. The van der Waals surface area contributed by atoms with Crippen molar-refractivity contribution in [3.8, 4) is 0 Å². The summed E-state index contributed by atoms with van der Waals surface area (Å²) >= 11 is 5.69. The Morgan fingerprint density at radius 3 is 2.33 bits per heavy atom. The molecule has 110 valence electrons. The minimum atomic E-state index is -0.868. The van der Waals surface area contributed by atoms with E-state index in [1.165, 1.54) is 13.0 Å². The van der Waals surface area contributed by atoms with Crippen LogP contribution >= 0.6 is 11.6 Å². The number of rotatable bonds is 4. The van der Waals surface area contributed by atoms with Crippen molar-refractivity contribution < 1.29 is 13.6 Å². The lowest BCUT2D eigenvalue weighted by molar-refractivity contribution is 0.0946. The predicted octanol–water partition coefficient (Wildman–Crippen LogP) is 3.94. The topological polar surface area (TPSA) is 29.1 Å². The number of carbonyl (C=O) groups is 1. The van der Waals surface area contributed by atoms with Gasteiger partial charge in [-0.2, -0.15) is 0 Å². The number of hydrogen-bond acceptors (Lipinski definition) is 1. The van der Waals surface area contributed by atoms with Crippen molar-refractivity contribution in [2.75, 3.05) is 0 Å². The number of nitrogens with one attached hydrogen (secondary N) is 1. The minimum absolute atomic E-state index is 0.161. The Bertz CT molecular complexity index is 656. The first kappa shape index (κ1) is 15.4. The third-order valence-electron chi connectivity index (χ3n) is 3.12. The standard InChI is InChI=1S/C16H14ClF2NO/c1-10-6-13(15(19)7-14(10)18)16(21)20-9-12-4-2-11(8-17)3-5-12/h2-7H,8-9H2,1H3,(H,20,21). The van der Waals surface area contributed by atoms with Crippen molar-refractivity contribution in [2.24, 2.45) is 0 Å². The summed E-state index contributed by atoms with van der Waals surface area (Å²) in [4.78, 5) is 11.9. The van der Waals surface area contributed by atoms with Gasteiger partial charge >= 0.3 is 0 Å². The van der Waals surface area contributed by atoms with Crippen LogP contribution in [-0.4, -0.2) is 5.91 Å². The molecule has 2 aromatic rings. The van der Waals surface area contributed by atoms with Crippen LogP contribution in [0.2, 0.25) is 0 Å². The molecule has 0 aliphatic carbocycles. The van der Waals surface area contributed by atoms with Gasteiger partial charge < -0.3 is 5.32 Å². The molecule has 0 aromatic heterocycles. The van der Waals surface area contributed by atoms with Crippen LogP contribution in [-0.2, 0) is 12.4 Å². The summed E-state index contributed by atoms with van der Waals surface area (Å²) in [5, 5.41) is 2.61. The van der Waals surface area contributed by atoms with Crippen LogP contribution in [0.5, 0.6) is 0 Å². The van der Waals surface area contributed by atoms with E-state index in [0.29, 0.717) is 5.88 Å². The lowest BCUT2D eigenvalue weighted by Crippen LogP contribution is -2.24. The molecule has 0 aliphatic heterocycles. The molecule has 0 saturated carbocycles. The highest BCUT2D eigenvalue weighted by molar-refractivity contribution is 6.17. The fourth-order valence-electron chi connectivity index (χ4n) is 1.86. The van der Waals surface area contributed by atoms with Gasteiger partial charge in [-0.25, -0.2) is 8.78 Å². The van der Waals surface area contributed by atoms with Crippen LogP contribution in [0.4, 0.5) is 8.78 Å². The van der Waals surface area contributed by atoms with E-state index in [9.17, 15) is 13.6 Å². The quantitative estimate of drug-likeness (QED) is 0.852. The van der Waals surface area contributed by atoms with Crippen molar-refractivity contribution in [3.63, 3.8) is 0 Å².